The van der Waals surface area contributed by atoms with Gasteiger partial charge in [0.2, 0.25) is 11.0 Å². The molecule has 0 aliphatic rings. The Morgan fingerprint density at radius 2 is 2.17 bits per heavy atom. The lowest BCUT2D eigenvalue weighted by Gasteiger charge is -2.13. The number of thioether (sulfide) groups is 1. The van der Waals surface area contributed by atoms with Crippen LogP contribution in [0.4, 0.5) is 5.13 Å². The molecule has 1 amide bonds. The van der Waals surface area contributed by atoms with E-state index in [9.17, 15) is 4.79 Å². The van der Waals surface area contributed by atoms with Gasteiger partial charge < -0.3 is 10.6 Å². The largest absolute Gasteiger partial charge is 0.357 e. The maximum Gasteiger partial charge on any atom is 0.233 e. The minimum Gasteiger partial charge on any atom is -0.357 e. The quantitative estimate of drug-likeness (QED) is 0.537. The highest BCUT2D eigenvalue weighted by Crippen LogP contribution is 2.30. The predicted octanol–water partition coefficient (Wildman–Crippen LogP) is 3.32. The number of nitrogens with one attached hydrogen (secondary N) is 2. The van der Waals surface area contributed by atoms with Gasteiger partial charge in [-0.2, -0.15) is 0 Å². The molecule has 2 rings (SSSR count). The number of benzene rings is 1. The number of hydrogen-bond acceptors (Lipinski definition) is 6. The summed E-state index contributed by atoms with van der Waals surface area (Å²) in [6.07, 6.45) is 2.50. The van der Waals surface area contributed by atoms with E-state index in [1.807, 2.05) is 37.3 Å². The third-order valence-electron chi connectivity index (χ3n) is 3.02. The molecule has 2 aromatic rings. The van der Waals surface area contributed by atoms with Crippen LogP contribution >= 0.6 is 23.1 Å². The highest BCUT2D eigenvalue weighted by Gasteiger charge is 2.19. The molecule has 1 heterocycles. The monoisotopic (exact) mass is 348 g/mol. The zero-order valence-corrected chi connectivity index (χ0v) is 14.6. The maximum absolute atomic E-state index is 12.3. The standard InChI is InChI=1S/C16H20N4OS2/c1-3-10-17-15-19-20-16(23-15)22-13(4-2)14(21)18-11-12-8-6-5-7-9-12/h3,5-9,13H,1,4,10-11H2,2H3,(H,17,19)(H,18,21)/t13-/m1/s1. The Bertz CT molecular complexity index is 630. The van der Waals surface area contributed by atoms with Gasteiger partial charge >= 0.3 is 0 Å². The van der Waals surface area contributed by atoms with E-state index in [1.165, 1.54) is 23.1 Å². The molecule has 0 bridgehead atoms. The topological polar surface area (TPSA) is 66.9 Å². The van der Waals surface area contributed by atoms with Crippen LogP contribution in [0.15, 0.2) is 47.3 Å². The SMILES string of the molecule is C=CCNc1nnc(S[C@H](CC)C(=O)NCc2ccccc2)s1. The maximum atomic E-state index is 12.3. The van der Waals surface area contributed by atoms with Crippen LogP contribution in [0.25, 0.3) is 0 Å². The number of hydrogen-bond donors (Lipinski definition) is 2. The summed E-state index contributed by atoms with van der Waals surface area (Å²) in [7, 11) is 0. The van der Waals surface area contributed by atoms with Gasteiger partial charge in [-0.25, -0.2) is 0 Å². The first-order valence-corrected chi connectivity index (χ1v) is 9.09. The van der Waals surface area contributed by atoms with Crippen LogP contribution < -0.4 is 10.6 Å². The van der Waals surface area contributed by atoms with Crippen molar-refractivity contribution in [2.75, 3.05) is 11.9 Å². The number of nitrogens with zero attached hydrogens (tertiary/aromatic N) is 2. The van der Waals surface area contributed by atoms with Crippen LogP contribution in [0.1, 0.15) is 18.9 Å². The van der Waals surface area contributed by atoms with Gasteiger partial charge in [0.25, 0.3) is 0 Å². The summed E-state index contributed by atoms with van der Waals surface area (Å²) in [5, 5.41) is 14.8. The van der Waals surface area contributed by atoms with Gasteiger partial charge in [0.15, 0.2) is 4.34 Å². The fourth-order valence-corrected chi connectivity index (χ4v) is 3.78. The van der Waals surface area contributed by atoms with Crippen molar-refractivity contribution in [1.29, 1.82) is 0 Å². The first kappa shape index (κ1) is 17.5. The van der Waals surface area contributed by atoms with Crippen molar-refractivity contribution >= 4 is 34.1 Å². The van der Waals surface area contributed by atoms with E-state index in [2.05, 4.69) is 27.4 Å². The van der Waals surface area contributed by atoms with Crippen molar-refractivity contribution in [3.05, 3.63) is 48.6 Å². The summed E-state index contributed by atoms with van der Waals surface area (Å²) in [6.45, 7) is 6.83. The van der Waals surface area contributed by atoms with Crippen molar-refractivity contribution < 1.29 is 4.79 Å². The lowest BCUT2D eigenvalue weighted by atomic mass is 10.2. The van der Waals surface area contributed by atoms with Crippen LogP contribution in [0.5, 0.6) is 0 Å². The van der Waals surface area contributed by atoms with E-state index >= 15 is 0 Å². The Morgan fingerprint density at radius 1 is 1.39 bits per heavy atom. The van der Waals surface area contributed by atoms with Crippen molar-refractivity contribution in [2.24, 2.45) is 0 Å². The molecule has 2 N–H and O–H groups in total. The summed E-state index contributed by atoms with van der Waals surface area (Å²) in [5.74, 6) is 0.0251. The number of anilines is 1. The Balaban J connectivity index is 1.87. The van der Waals surface area contributed by atoms with E-state index < -0.39 is 0 Å². The Morgan fingerprint density at radius 3 is 2.87 bits per heavy atom. The zero-order valence-electron chi connectivity index (χ0n) is 13.0. The minimum absolute atomic E-state index is 0.0251. The van der Waals surface area contributed by atoms with Gasteiger partial charge in [-0.3, -0.25) is 4.79 Å². The molecule has 0 aliphatic heterocycles. The summed E-state index contributed by atoms with van der Waals surface area (Å²) < 4.78 is 0.790. The van der Waals surface area contributed by atoms with E-state index in [4.69, 9.17) is 0 Å². The second kappa shape index (κ2) is 9.32. The molecule has 1 aromatic heterocycles. The molecule has 0 fully saturated rings. The molecule has 0 aliphatic carbocycles. The van der Waals surface area contributed by atoms with E-state index in [1.54, 1.807) is 6.08 Å². The number of amides is 1. The lowest BCUT2D eigenvalue weighted by Crippen LogP contribution is -2.31. The second-order valence-corrected chi connectivity index (χ2v) is 7.19. The number of carbonyl (C=O) groups is 1. The third kappa shape index (κ3) is 5.69. The Labute approximate surface area is 144 Å². The average molecular weight is 348 g/mol. The first-order chi connectivity index (χ1) is 11.2. The minimum atomic E-state index is -0.168. The van der Waals surface area contributed by atoms with Gasteiger partial charge in [-0.05, 0) is 12.0 Å². The van der Waals surface area contributed by atoms with Crippen molar-refractivity contribution in [1.82, 2.24) is 15.5 Å². The molecule has 0 saturated heterocycles. The van der Waals surface area contributed by atoms with Crippen molar-refractivity contribution in [3.63, 3.8) is 0 Å². The van der Waals surface area contributed by atoms with Crippen molar-refractivity contribution in [2.45, 2.75) is 29.5 Å². The van der Waals surface area contributed by atoms with Crippen LogP contribution in [0.2, 0.25) is 0 Å². The molecule has 0 unspecified atom stereocenters. The van der Waals surface area contributed by atoms with Gasteiger partial charge in [-0.1, -0.05) is 66.4 Å². The van der Waals surface area contributed by atoms with Crippen LogP contribution in [0.3, 0.4) is 0 Å². The molecular formula is C16H20N4OS2. The fraction of sp³-hybridized carbons (Fsp3) is 0.312. The molecule has 1 aromatic carbocycles. The zero-order chi connectivity index (χ0) is 16.5. The lowest BCUT2D eigenvalue weighted by molar-refractivity contribution is -0.120. The number of aromatic nitrogens is 2. The average Bonchev–Trinajstić information content (AvgIpc) is 3.04. The normalized spacial score (nSPS) is 11.7. The van der Waals surface area contributed by atoms with Gasteiger partial charge in [0.1, 0.15) is 0 Å². The third-order valence-corrected chi connectivity index (χ3v) is 5.35. The van der Waals surface area contributed by atoms with Crippen LogP contribution in [0, 0.1) is 0 Å². The molecule has 1 atom stereocenters. The number of carbonyl (C=O) groups excluding carboxylic acids is 1. The molecule has 0 saturated carbocycles. The van der Waals surface area contributed by atoms with Gasteiger partial charge in [0.05, 0.1) is 5.25 Å². The molecule has 0 radical (unpaired) electrons. The summed E-state index contributed by atoms with van der Waals surface area (Å²) in [6, 6.07) is 9.88. The van der Waals surface area contributed by atoms with E-state index in [-0.39, 0.29) is 11.2 Å². The van der Waals surface area contributed by atoms with Crippen LogP contribution in [-0.2, 0) is 11.3 Å². The molecule has 0 spiro atoms. The summed E-state index contributed by atoms with van der Waals surface area (Å²) in [5.41, 5.74) is 1.09. The molecule has 122 valence electrons. The van der Waals surface area contributed by atoms with Crippen LogP contribution in [-0.4, -0.2) is 27.9 Å². The summed E-state index contributed by atoms with van der Waals surface area (Å²) in [4.78, 5) is 12.3. The summed E-state index contributed by atoms with van der Waals surface area (Å²) >= 11 is 2.90. The van der Waals surface area contributed by atoms with Gasteiger partial charge in [0, 0.05) is 13.1 Å². The predicted molar refractivity (Wildman–Crippen MR) is 96.8 cm³/mol. The first-order valence-electron chi connectivity index (χ1n) is 7.39. The van der Waals surface area contributed by atoms with Crippen molar-refractivity contribution in [3.8, 4) is 0 Å². The Hall–Kier alpha value is -1.86. The van der Waals surface area contributed by atoms with Gasteiger partial charge in [-0.15, -0.1) is 16.8 Å². The second-order valence-electron chi connectivity index (χ2n) is 4.76. The molecular weight excluding hydrogens is 328 g/mol. The molecule has 7 heteroatoms. The highest BCUT2D eigenvalue weighted by molar-refractivity contribution is 8.02. The number of rotatable bonds is 9. The smallest absolute Gasteiger partial charge is 0.233 e. The molecule has 23 heavy (non-hydrogen) atoms. The fourth-order valence-electron chi connectivity index (χ4n) is 1.83. The van der Waals surface area contributed by atoms with E-state index in [0.29, 0.717) is 13.1 Å². The Kier molecular flexibility index (Phi) is 7.09. The van der Waals surface area contributed by atoms with E-state index in [0.717, 1.165) is 21.5 Å². The molecule has 5 nitrogen and oxygen atoms in total. The highest BCUT2D eigenvalue weighted by atomic mass is 32.2.